The van der Waals surface area contributed by atoms with Crippen molar-refractivity contribution in [3.05, 3.63) is 42.6 Å². The molecule has 0 radical (unpaired) electrons. The maximum atomic E-state index is 3.03. The number of benzene rings is 1. The summed E-state index contributed by atoms with van der Waals surface area (Å²) in [7, 11) is 0. The van der Waals surface area contributed by atoms with E-state index in [0.717, 1.165) is 5.69 Å². The molecule has 0 aliphatic rings. The molecule has 2 N–H and O–H groups in total. The first-order chi connectivity index (χ1) is 5.47. The Kier molecular flexibility index (Phi) is 1.44. The molecule has 0 atom stereocenters. The minimum absolute atomic E-state index is 1.12. The molecule has 0 aliphatic carbocycles. The first-order valence-corrected chi connectivity index (χ1v) is 3.57. The molecule has 11 heavy (non-hydrogen) atoms. The molecule has 0 spiro atoms. The maximum absolute atomic E-state index is 3.03. The van der Waals surface area contributed by atoms with E-state index in [1.54, 1.807) is 0 Å². The van der Waals surface area contributed by atoms with Gasteiger partial charge in [-0.15, -0.1) is 5.10 Å². The van der Waals surface area contributed by atoms with Crippen molar-refractivity contribution in [2.24, 2.45) is 0 Å². The van der Waals surface area contributed by atoms with Crippen molar-refractivity contribution in [2.45, 2.75) is 0 Å². The normalized spacial score (nSPS) is 9.82. The minimum Gasteiger partial charge on any atom is -0.167 e. The second-order valence-corrected chi connectivity index (χ2v) is 2.38. The van der Waals surface area contributed by atoms with Gasteiger partial charge in [0, 0.05) is 11.6 Å². The Bertz CT molecular complexity index is 311. The van der Waals surface area contributed by atoms with Crippen molar-refractivity contribution < 1.29 is 5.10 Å². The van der Waals surface area contributed by atoms with Gasteiger partial charge in [0.15, 0.2) is 6.20 Å². The summed E-state index contributed by atoms with van der Waals surface area (Å²) in [5.41, 5.74) is 2.32. The maximum Gasteiger partial charge on any atom is 0.193 e. The summed E-state index contributed by atoms with van der Waals surface area (Å²) in [4.78, 5) is 0. The zero-order valence-corrected chi connectivity index (χ0v) is 6.04. The van der Waals surface area contributed by atoms with Crippen molar-refractivity contribution >= 4 is 0 Å². The zero-order chi connectivity index (χ0) is 7.52. The van der Waals surface area contributed by atoms with Crippen LogP contribution in [0.15, 0.2) is 42.6 Å². The van der Waals surface area contributed by atoms with Crippen molar-refractivity contribution in [1.82, 2.24) is 5.10 Å². The highest BCUT2D eigenvalue weighted by molar-refractivity contribution is 5.57. The molecule has 54 valence electrons. The van der Waals surface area contributed by atoms with E-state index < -0.39 is 0 Å². The van der Waals surface area contributed by atoms with Gasteiger partial charge in [0.1, 0.15) is 5.69 Å². The minimum atomic E-state index is 1.12. The van der Waals surface area contributed by atoms with Crippen molar-refractivity contribution in [3.63, 3.8) is 0 Å². The molecule has 2 rings (SSSR count). The fraction of sp³-hybridized carbons (Fsp3) is 0. The van der Waals surface area contributed by atoms with Gasteiger partial charge < -0.3 is 0 Å². The molecule has 0 saturated carbocycles. The van der Waals surface area contributed by atoms with Gasteiger partial charge in [0.2, 0.25) is 0 Å². The molecule has 0 bridgehead atoms. The molecule has 2 heteroatoms. The van der Waals surface area contributed by atoms with Gasteiger partial charge >= 0.3 is 0 Å². The average molecular weight is 145 g/mol. The Balaban J connectivity index is 2.46. The van der Waals surface area contributed by atoms with Crippen LogP contribution in [0.25, 0.3) is 11.3 Å². The van der Waals surface area contributed by atoms with E-state index in [4.69, 9.17) is 0 Å². The molecule has 0 saturated heterocycles. The largest absolute Gasteiger partial charge is 0.193 e. The number of aromatic nitrogens is 2. The van der Waals surface area contributed by atoms with Gasteiger partial charge in [-0.1, -0.05) is 30.3 Å². The van der Waals surface area contributed by atoms with E-state index in [0.29, 0.717) is 0 Å². The number of hydrogen-bond donors (Lipinski definition) is 1. The van der Waals surface area contributed by atoms with Gasteiger partial charge in [-0.3, -0.25) is 0 Å². The molecule has 0 unspecified atom stereocenters. The third-order valence-corrected chi connectivity index (χ3v) is 1.62. The van der Waals surface area contributed by atoms with E-state index in [9.17, 15) is 0 Å². The van der Waals surface area contributed by atoms with Crippen molar-refractivity contribution in [3.8, 4) is 11.3 Å². The van der Waals surface area contributed by atoms with Crippen LogP contribution in [0, 0.1) is 0 Å². The Labute approximate surface area is 64.9 Å². The van der Waals surface area contributed by atoms with Crippen LogP contribution in [0.5, 0.6) is 0 Å². The first-order valence-electron chi connectivity index (χ1n) is 3.57. The lowest BCUT2D eigenvalue weighted by Crippen LogP contribution is -1.98. The van der Waals surface area contributed by atoms with Gasteiger partial charge in [-0.05, 0) is 0 Å². The summed E-state index contributed by atoms with van der Waals surface area (Å²) in [6, 6.07) is 12.2. The highest BCUT2D eigenvalue weighted by atomic mass is 15.1. The van der Waals surface area contributed by atoms with E-state index >= 15 is 0 Å². The lowest BCUT2D eigenvalue weighted by molar-refractivity contribution is -0.448. The monoisotopic (exact) mass is 145 g/mol. The fourth-order valence-corrected chi connectivity index (χ4v) is 1.07. The number of hydrogen-bond acceptors (Lipinski definition) is 0. The highest BCUT2D eigenvalue weighted by Crippen LogP contribution is 2.12. The van der Waals surface area contributed by atoms with Crippen LogP contribution >= 0.6 is 0 Å². The zero-order valence-electron chi connectivity index (χ0n) is 6.04. The van der Waals surface area contributed by atoms with Crippen LogP contribution in [0.3, 0.4) is 0 Å². The summed E-state index contributed by atoms with van der Waals surface area (Å²) in [5, 5.41) is 5.93. The predicted octanol–water partition coefficient (Wildman–Crippen LogP) is 1.50. The van der Waals surface area contributed by atoms with Crippen molar-refractivity contribution in [2.75, 3.05) is 0 Å². The van der Waals surface area contributed by atoms with Crippen LogP contribution in [0.1, 0.15) is 0 Å². The molecule has 1 aromatic heterocycles. The summed E-state index contributed by atoms with van der Waals surface area (Å²) in [6.07, 6.45) is 1.88. The number of H-pyrrole nitrogens is 2. The summed E-state index contributed by atoms with van der Waals surface area (Å²) < 4.78 is 0. The smallest absolute Gasteiger partial charge is 0.167 e. The Morgan fingerprint density at radius 3 is 2.45 bits per heavy atom. The van der Waals surface area contributed by atoms with Gasteiger partial charge in [-0.25, -0.2) is 0 Å². The van der Waals surface area contributed by atoms with E-state index in [2.05, 4.69) is 22.3 Å². The van der Waals surface area contributed by atoms with Crippen LogP contribution < -0.4 is 5.10 Å². The Morgan fingerprint density at radius 2 is 1.82 bits per heavy atom. The molecule has 0 aliphatic heterocycles. The predicted molar refractivity (Wildman–Crippen MR) is 42.8 cm³/mol. The molecular formula is C9H9N2+. The summed E-state index contributed by atoms with van der Waals surface area (Å²) in [5.74, 6) is 0. The van der Waals surface area contributed by atoms with Crippen LogP contribution in [-0.2, 0) is 0 Å². The average Bonchev–Trinajstić information content (AvgIpc) is 2.58. The topological polar surface area (TPSA) is 29.9 Å². The fourth-order valence-electron chi connectivity index (χ4n) is 1.07. The SMILES string of the molecule is c1ccc(-c2cc[nH+][nH]2)cc1. The second-order valence-electron chi connectivity index (χ2n) is 2.38. The standard InChI is InChI=1S/C9H8N2/c1-2-4-8(5-3-1)9-6-7-10-11-9/h1-7H,(H,10,11)/p+1. The molecular weight excluding hydrogens is 136 g/mol. The lowest BCUT2D eigenvalue weighted by atomic mass is 10.2. The quantitative estimate of drug-likeness (QED) is 0.630. The first kappa shape index (κ1) is 6.16. The Morgan fingerprint density at radius 1 is 1.00 bits per heavy atom. The third kappa shape index (κ3) is 1.15. The van der Waals surface area contributed by atoms with Crippen molar-refractivity contribution in [1.29, 1.82) is 0 Å². The molecule has 1 aromatic carbocycles. The Hall–Kier alpha value is -1.57. The van der Waals surface area contributed by atoms with E-state index in [1.807, 2.05) is 30.5 Å². The molecule has 1 heterocycles. The molecule has 2 aromatic rings. The summed E-state index contributed by atoms with van der Waals surface area (Å²) in [6.45, 7) is 0. The number of rotatable bonds is 1. The lowest BCUT2D eigenvalue weighted by Gasteiger charge is -1.91. The van der Waals surface area contributed by atoms with Crippen LogP contribution in [0.4, 0.5) is 0 Å². The number of aromatic amines is 2. The highest BCUT2D eigenvalue weighted by Gasteiger charge is 1.97. The van der Waals surface area contributed by atoms with Gasteiger partial charge in [-0.2, -0.15) is 5.10 Å². The second kappa shape index (κ2) is 2.58. The van der Waals surface area contributed by atoms with E-state index in [-0.39, 0.29) is 0 Å². The molecule has 0 amide bonds. The van der Waals surface area contributed by atoms with E-state index in [1.165, 1.54) is 5.56 Å². The molecule has 0 fully saturated rings. The van der Waals surface area contributed by atoms with Crippen LogP contribution in [-0.4, -0.2) is 5.10 Å². The van der Waals surface area contributed by atoms with Crippen LogP contribution in [0.2, 0.25) is 0 Å². The third-order valence-electron chi connectivity index (χ3n) is 1.62. The van der Waals surface area contributed by atoms with Gasteiger partial charge in [0.05, 0.1) is 0 Å². The summed E-state index contributed by atoms with van der Waals surface area (Å²) >= 11 is 0. The molecule has 2 nitrogen and oxygen atoms in total. The number of nitrogens with one attached hydrogen (secondary N) is 2. The van der Waals surface area contributed by atoms with Gasteiger partial charge in [0.25, 0.3) is 0 Å².